The highest BCUT2D eigenvalue weighted by molar-refractivity contribution is 5.54. The van der Waals surface area contributed by atoms with Crippen molar-refractivity contribution in [2.75, 3.05) is 49.2 Å². The van der Waals surface area contributed by atoms with Gasteiger partial charge in [0.05, 0.1) is 18.3 Å². The smallest absolute Gasteiger partial charge is 0.350 e. The molecular weight excluding hydrogens is 598 g/mol. The largest absolute Gasteiger partial charge is 0.491 e. The van der Waals surface area contributed by atoms with Gasteiger partial charge in [0, 0.05) is 55.5 Å². The Balaban J connectivity index is 0.913. The fraction of sp³-hybridized carbons (Fsp3) is 0.382. The van der Waals surface area contributed by atoms with Gasteiger partial charge in [0.1, 0.15) is 44.0 Å². The number of anilines is 2. The Labute approximate surface area is 272 Å². The molecule has 0 N–H and O–H groups in total. The number of ether oxygens (including phenoxy) is 3. The van der Waals surface area contributed by atoms with Crippen molar-refractivity contribution >= 4 is 11.4 Å². The molecule has 7 rings (SSSR count). The molecule has 13 nitrogen and oxygen atoms in total. The van der Waals surface area contributed by atoms with Gasteiger partial charge in [0.15, 0.2) is 0 Å². The standard InChI is InChI=1S/C34H39N9O4/c1-3-26(2)43-33(44)42(25-38-43)30-6-4-28(5-7-30)39-16-18-40(19-17-39)29-8-10-31(11-9-29)45-20-32-21-46-34(47-32,22-41-24-36-23-37-41)27-12-14-35-15-13-27/h4-15,23-26,32H,3,16-22H2,1-2H3/t26-,32-,34-/m1/s1. The van der Waals surface area contributed by atoms with Crippen LogP contribution >= 0.6 is 0 Å². The second-order valence-corrected chi connectivity index (χ2v) is 11.9. The summed E-state index contributed by atoms with van der Waals surface area (Å²) in [5.41, 5.74) is 3.89. The molecule has 3 atom stereocenters. The van der Waals surface area contributed by atoms with Crippen LogP contribution in [0.15, 0.2) is 96.8 Å². The van der Waals surface area contributed by atoms with Crippen LogP contribution in [0, 0.1) is 0 Å². The first kappa shape index (κ1) is 30.6. The monoisotopic (exact) mass is 637 g/mol. The Hall–Kier alpha value is -5.01. The second kappa shape index (κ2) is 13.4. The summed E-state index contributed by atoms with van der Waals surface area (Å²) in [6, 6.07) is 20.2. The summed E-state index contributed by atoms with van der Waals surface area (Å²) in [6.07, 6.45) is 8.80. The maximum atomic E-state index is 12.8. The molecule has 0 bridgehead atoms. The van der Waals surface area contributed by atoms with Crippen molar-refractivity contribution in [1.29, 1.82) is 0 Å². The van der Waals surface area contributed by atoms with Gasteiger partial charge in [-0.25, -0.2) is 23.7 Å². The maximum absolute atomic E-state index is 12.8. The van der Waals surface area contributed by atoms with Crippen molar-refractivity contribution in [3.05, 3.63) is 108 Å². The van der Waals surface area contributed by atoms with Crippen molar-refractivity contribution in [3.8, 4) is 11.4 Å². The van der Waals surface area contributed by atoms with Crippen molar-refractivity contribution in [2.24, 2.45) is 0 Å². The fourth-order valence-corrected chi connectivity index (χ4v) is 6.06. The van der Waals surface area contributed by atoms with E-state index in [1.165, 1.54) is 6.33 Å². The van der Waals surface area contributed by atoms with Gasteiger partial charge in [-0.2, -0.15) is 10.2 Å². The van der Waals surface area contributed by atoms with Gasteiger partial charge >= 0.3 is 5.69 Å². The van der Waals surface area contributed by atoms with Crippen LogP contribution in [0.3, 0.4) is 0 Å². The molecule has 5 aromatic rings. The zero-order valence-corrected chi connectivity index (χ0v) is 26.6. The normalized spacial score (nSPS) is 20.4. The lowest BCUT2D eigenvalue weighted by molar-refractivity contribution is -0.190. The lowest BCUT2D eigenvalue weighted by Crippen LogP contribution is -2.46. The summed E-state index contributed by atoms with van der Waals surface area (Å²) in [6.45, 7) is 8.77. The molecule has 2 fully saturated rings. The minimum Gasteiger partial charge on any atom is -0.491 e. The van der Waals surface area contributed by atoms with Crippen LogP contribution in [-0.2, 0) is 21.8 Å². The Bertz CT molecular complexity index is 1780. The summed E-state index contributed by atoms with van der Waals surface area (Å²) >= 11 is 0. The number of aromatic nitrogens is 7. The minimum absolute atomic E-state index is 0.0706. The molecule has 47 heavy (non-hydrogen) atoms. The van der Waals surface area contributed by atoms with E-state index < -0.39 is 5.79 Å². The molecule has 2 aliphatic rings. The summed E-state index contributed by atoms with van der Waals surface area (Å²) in [5, 5.41) is 8.54. The Morgan fingerprint density at radius 3 is 2.17 bits per heavy atom. The average Bonchev–Trinajstić information content (AvgIpc) is 3.89. The number of hydrogen-bond acceptors (Lipinski definition) is 10. The van der Waals surface area contributed by atoms with Crippen LogP contribution in [0.5, 0.6) is 5.75 Å². The first-order valence-corrected chi connectivity index (χ1v) is 16.1. The van der Waals surface area contributed by atoms with Crippen LogP contribution in [0.2, 0.25) is 0 Å². The molecule has 0 radical (unpaired) electrons. The third kappa shape index (κ3) is 6.49. The summed E-state index contributed by atoms with van der Waals surface area (Å²) < 4.78 is 23.7. The minimum atomic E-state index is -0.991. The van der Waals surface area contributed by atoms with E-state index in [0.717, 1.165) is 61.0 Å². The Morgan fingerprint density at radius 1 is 0.872 bits per heavy atom. The van der Waals surface area contributed by atoms with E-state index in [4.69, 9.17) is 14.2 Å². The number of rotatable bonds is 11. The third-order valence-electron chi connectivity index (χ3n) is 8.93. The first-order chi connectivity index (χ1) is 23.0. The van der Waals surface area contributed by atoms with Gasteiger partial charge in [-0.15, -0.1) is 0 Å². The molecule has 5 heterocycles. The molecule has 2 aromatic carbocycles. The van der Waals surface area contributed by atoms with Gasteiger partial charge in [-0.1, -0.05) is 6.92 Å². The van der Waals surface area contributed by atoms with Gasteiger partial charge in [-0.3, -0.25) is 4.98 Å². The van der Waals surface area contributed by atoms with E-state index in [9.17, 15) is 4.79 Å². The highest BCUT2D eigenvalue weighted by atomic mass is 16.8. The SMILES string of the molecule is CC[C@@H](C)n1ncn(-c2ccc(N3CCN(c4ccc(OC[C@@H]5CO[C@@](Cn6cncn6)(c6ccncc6)O5)cc4)CC3)cc2)c1=O. The molecule has 0 saturated carbocycles. The molecule has 0 unspecified atom stereocenters. The average molecular weight is 638 g/mol. The van der Waals surface area contributed by atoms with Crippen molar-refractivity contribution < 1.29 is 14.2 Å². The highest BCUT2D eigenvalue weighted by Gasteiger charge is 2.44. The molecule has 13 heteroatoms. The predicted octanol–water partition coefficient (Wildman–Crippen LogP) is 3.67. The van der Waals surface area contributed by atoms with Crippen LogP contribution in [-0.4, -0.2) is 79.6 Å². The zero-order valence-electron chi connectivity index (χ0n) is 26.6. The van der Waals surface area contributed by atoms with E-state index in [2.05, 4.69) is 61.2 Å². The van der Waals surface area contributed by atoms with Crippen LogP contribution < -0.4 is 20.2 Å². The maximum Gasteiger partial charge on any atom is 0.350 e. The van der Waals surface area contributed by atoms with E-state index in [1.54, 1.807) is 39.0 Å². The Morgan fingerprint density at radius 2 is 1.53 bits per heavy atom. The first-order valence-electron chi connectivity index (χ1n) is 16.1. The summed E-state index contributed by atoms with van der Waals surface area (Å²) in [5.74, 6) is -0.210. The molecular formula is C34H39N9O4. The van der Waals surface area contributed by atoms with E-state index in [1.807, 2.05) is 43.3 Å². The fourth-order valence-electron chi connectivity index (χ4n) is 6.06. The number of nitrogens with zero attached hydrogens (tertiary/aromatic N) is 9. The van der Waals surface area contributed by atoms with Gasteiger partial charge < -0.3 is 24.0 Å². The van der Waals surface area contributed by atoms with Crippen molar-refractivity contribution in [2.45, 2.75) is 44.7 Å². The second-order valence-electron chi connectivity index (χ2n) is 11.9. The van der Waals surface area contributed by atoms with E-state index in [-0.39, 0.29) is 17.8 Å². The van der Waals surface area contributed by atoms with Gasteiger partial charge in [-0.05, 0) is 74.0 Å². The highest BCUT2D eigenvalue weighted by Crippen LogP contribution is 2.36. The van der Waals surface area contributed by atoms with Crippen molar-refractivity contribution in [3.63, 3.8) is 0 Å². The number of hydrogen-bond donors (Lipinski definition) is 0. The van der Waals surface area contributed by atoms with Crippen molar-refractivity contribution in [1.82, 2.24) is 34.1 Å². The van der Waals surface area contributed by atoms with Crippen LogP contribution in [0.4, 0.5) is 11.4 Å². The molecule has 2 aliphatic heterocycles. The van der Waals surface area contributed by atoms with Gasteiger partial charge in [0.25, 0.3) is 0 Å². The Kier molecular flexibility index (Phi) is 8.72. The molecule has 2 saturated heterocycles. The quantitative estimate of drug-likeness (QED) is 0.212. The molecule has 0 aliphatic carbocycles. The lowest BCUT2D eigenvalue weighted by Gasteiger charge is -2.37. The molecule has 244 valence electrons. The van der Waals surface area contributed by atoms with Gasteiger partial charge in [0.2, 0.25) is 5.79 Å². The number of pyridine rings is 1. The van der Waals surface area contributed by atoms with Crippen LogP contribution in [0.1, 0.15) is 31.9 Å². The molecule has 0 spiro atoms. The number of benzene rings is 2. The summed E-state index contributed by atoms with van der Waals surface area (Å²) in [7, 11) is 0. The molecule has 0 amide bonds. The zero-order chi connectivity index (χ0) is 32.2. The van der Waals surface area contributed by atoms with E-state index >= 15 is 0 Å². The summed E-state index contributed by atoms with van der Waals surface area (Å²) in [4.78, 5) is 25.7. The number of piperazine rings is 1. The third-order valence-corrected chi connectivity index (χ3v) is 8.93. The predicted molar refractivity (Wildman–Crippen MR) is 176 cm³/mol. The topological polar surface area (TPSA) is 118 Å². The molecule has 3 aromatic heterocycles. The van der Waals surface area contributed by atoms with E-state index in [0.29, 0.717) is 19.8 Å². The lowest BCUT2D eigenvalue weighted by atomic mass is 10.1. The van der Waals surface area contributed by atoms with Crippen LogP contribution in [0.25, 0.3) is 5.69 Å².